The molecule has 106 valence electrons. The van der Waals surface area contributed by atoms with Gasteiger partial charge in [-0.25, -0.2) is 0 Å². The zero-order valence-corrected chi connectivity index (χ0v) is 14.0. The monoisotopic (exact) mass is 383 g/mol. The molecule has 0 spiro atoms. The first-order chi connectivity index (χ1) is 9.63. The van der Waals surface area contributed by atoms with Gasteiger partial charge in [-0.15, -0.1) is 0 Å². The number of nitrogens with one attached hydrogen (secondary N) is 1. The first kappa shape index (κ1) is 15.0. The number of ether oxygens (including phenoxy) is 2. The normalized spacial score (nSPS) is 11.8. The minimum absolute atomic E-state index is 0.125. The zero-order chi connectivity index (χ0) is 14.5. The van der Waals surface area contributed by atoms with Gasteiger partial charge in [0.05, 0.1) is 20.3 Å². The van der Waals surface area contributed by atoms with E-state index in [0.29, 0.717) is 0 Å². The fourth-order valence-electron chi connectivity index (χ4n) is 2.05. The number of methoxy groups -OCH3 is 2. The molecule has 1 N–H and O–H groups in total. The van der Waals surface area contributed by atoms with Gasteiger partial charge in [0, 0.05) is 14.8 Å². The molecule has 1 unspecified atom stereocenters. The largest absolute Gasteiger partial charge is 0.497 e. The second-order valence-corrected chi connectivity index (χ2v) is 5.73. The quantitative estimate of drug-likeness (QED) is 0.773. The third-order valence-corrected chi connectivity index (χ3v) is 3.85. The zero-order valence-electron chi connectivity index (χ0n) is 11.8. The van der Waals surface area contributed by atoms with Crippen LogP contribution in [0.25, 0.3) is 0 Å². The van der Waals surface area contributed by atoms with Gasteiger partial charge >= 0.3 is 0 Å². The lowest BCUT2D eigenvalue weighted by Crippen LogP contribution is -2.08. The standard InChI is InChI=1S/C16H18INO2/c1-11(18-13-6-4-12(17)5-7-13)15-10-14(19-2)8-9-16(15)20-3/h4-11,18H,1-3H3. The molecule has 0 bridgehead atoms. The highest BCUT2D eigenvalue weighted by molar-refractivity contribution is 14.1. The molecule has 2 aromatic carbocycles. The van der Waals surface area contributed by atoms with Gasteiger partial charge in [-0.05, 0) is 72.0 Å². The molecule has 2 rings (SSSR count). The molecule has 0 aliphatic rings. The Morgan fingerprint density at radius 2 is 1.70 bits per heavy atom. The van der Waals surface area contributed by atoms with Gasteiger partial charge in [-0.2, -0.15) is 0 Å². The number of hydrogen-bond acceptors (Lipinski definition) is 3. The van der Waals surface area contributed by atoms with Crippen molar-refractivity contribution in [3.63, 3.8) is 0 Å². The molecule has 0 aliphatic heterocycles. The average molecular weight is 383 g/mol. The predicted molar refractivity (Wildman–Crippen MR) is 90.7 cm³/mol. The highest BCUT2D eigenvalue weighted by atomic mass is 127. The van der Waals surface area contributed by atoms with E-state index in [1.54, 1.807) is 14.2 Å². The van der Waals surface area contributed by atoms with Gasteiger partial charge in [0.1, 0.15) is 11.5 Å². The smallest absolute Gasteiger partial charge is 0.124 e. The predicted octanol–water partition coefficient (Wildman–Crippen LogP) is 4.48. The van der Waals surface area contributed by atoms with Gasteiger partial charge in [-0.3, -0.25) is 0 Å². The number of hydrogen-bond donors (Lipinski definition) is 1. The molecule has 20 heavy (non-hydrogen) atoms. The number of benzene rings is 2. The van der Waals surface area contributed by atoms with E-state index in [4.69, 9.17) is 9.47 Å². The molecule has 0 saturated carbocycles. The maximum Gasteiger partial charge on any atom is 0.124 e. The van der Waals surface area contributed by atoms with Crippen LogP contribution in [-0.2, 0) is 0 Å². The molecular formula is C16H18INO2. The second-order valence-electron chi connectivity index (χ2n) is 4.48. The van der Waals surface area contributed by atoms with E-state index in [-0.39, 0.29) is 6.04 Å². The minimum atomic E-state index is 0.125. The lowest BCUT2D eigenvalue weighted by atomic mass is 10.1. The number of rotatable bonds is 5. The summed E-state index contributed by atoms with van der Waals surface area (Å²) in [6, 6.07) is 14.3. The van der Waals surface area contributed by atoms with Crippen molar-refractivity contribution in [3.8, 4) is 11.5 Å². The van der Waals surface area contributed by atoms with E-state index in [1.165, 1.54) is 3.57 Å². The van der Waals surface area contributed by atoms with Crippen LogP contribution in [0, 0.1) is 3.57 Å². The van der Waals surface area contributed by atoms with E-state index < -0.39 is 0 Å². The van der Waals surface area contributed by atoms with Crippen LogP contribution in [0.1, 0.15) is 18.5 Å². The summed E-state index contributed by atoms with van der Waals surface area (Å²) >= 11 is 2.30. The maximum atomic E-state index is 5.43. The molecule has 0 aromatic heterocycles. The van der Waals surface area contributed by atoms with Crippen LogP contribution in [0.15, 0.2) is 42.5 Å². The Bertz CT molecular complexity index is 569. The van der Waals surface area contributed by atoms with Crippen LogP contribution in [0.4, 0.5) is 5.69 Å². The molecule has 0 aliphatic carbocycles. The Balaban J connectivity index is 2.23. The van der Waals surface area contributed by atoms with Crippen molar-refractivity contribution >= 4 is 28.3 Å². The Labute approximate surface area is 133 Å². The van der Waals surface area contributed by atoms with Crippen molar-refractivity contribution in [2.75, 3.05) is 19.5 Å². The molecule has 0 amide bonds. The van der Waals surface area contributed by atoms with E-state index in [2.05, 4.69) is 59.1 Å². The fourth-order valence-corrected chi connectivity index (χ4v) is 2.41. The van der Waals surface area contributed by atoms with E-state index in [9.17, 15) is 0 Å². The molecule has 0 radical (unpaired) electrons. The van der Waals surface area contributed by atoms with Crippen molar-refractivity contribution in [1.29, 1.82) is 0 Å². The third-order valence-electron chi connectivity index (χ3n) is 3.13. The molecule has 0 heterocycles. The Hall–Kier alpha value is -1.43. The molecule has 4 heteroatoms. The molecular weight excluding hydrogens is 365 g/mol. The minimum Gasteiger partial charge on any atom is -0.497 e. The van der Waals surface area contributed by atoms with Crippen LogP contribution in [0.5, 0.6) is 11.5 Å². The SMILES string of the molecule is COc1ccc(OC)c(C(C)Nc2ccc(I)cc2)c1. The van der Waals surface area contributed by atoms with E-state index >= 15 is 0 Å². The van der Waals surface area contributed by atoms with Crippen molar-refractivity contribution < 1.29 is 9.47 Å². The summed E-state index contributed by atoms with van der Waals surface area (Å²) in [6.45, 7) is 2.11. The van der Waals surface area contributed by atoms with Gasteiger partial charge in [0.25, 0.3) is 0 Å². The summed E-state index contributed by atoms with van der Waals surface area (Å²) in [5.74, 6) is 1.69. The Kier molecular flexibility index (Phi) is 5.11. The summed E-state index contributed by atoms with van der Waals surface area (Å²) < 4.78 is 11.9. The lowest BCUT2D eigenvalue weighted by molar-refractivity contribution is 0.397. The van der Waals surface area contributed by atoms with Crippen LogP contribution < -0.4 is 14.8 Å². The molecule has 3 nitrogen and oxygen atoms in total. The Morgan fingerprint density at radius 3 is 2.30 bits per heavy atom. The highest BCUT2D eigenvalue weighted by Crippen LogP contribution is 2.31. The van der Waals surface area contributed by atoms with Crippen molar-refractivity contribution in [2.45, 2.75) is 13.0 Å². The van der Waals surface area contributed by atoms with Gasteiger partial charge in [0.15, 0.2) is 0 Å². The number of halogens is 1. The molecule has 0 fully saturated rings. The topological polar surface area (TPSA) is 30.5 Å². The highest BCUT2D eigenvalue weighted by Gasteiger charge is 2.12. The summed E-state index contributed by atoms with van der Waals surface area (Å²) in [5, 5.41) is 3.47. The summed E-state index contributed by atoms with van der Waals surface area (Å²) in [5.41, 5.74) is 2.16. The van der Waals surface area contributed by atoms with Crippen molar-refractivity contribution in [1.82, 2.24) is 0 Å². The van der Waals surface area contributed by atoms with E-state index in [0.717, 1.165) is 22.7 Å². The van der Waals surface area contributed by atoms with Gasteiger partial charge in [0.2, 0.25) is 0 Å². The lowest BCUT2D eigenvalue weighted by Gasteiger charge is -2.19. The summed E-state index contributed by atoms with van der Waals surface area (Å²) in [6.07, 6.45) is 0. The van der Waals surface area contributed by atoms with Crippen LogP contribution >= 0.6 is 22.6 Å². The maximum absolute atomic E-state index is 5.43. The Morgan fingerprint density at radius 1 is 1.00 bits per heavy atom. The first-order valence-corrected chi connectivity index (χ1v) is 7.46. The van der Waals surface area contributed by atoms with Gasteiger partial charge in [-0.1, -0.05) is 0 Å². The van der Waals surface area contributed by atoms with Crippen molar-refractivity contribution in [2.24, 2.45) is 0 Å². The molecule has 0 saturated heterocycles. The van der Waals surface area contributed by atoms with Crippen LogP contribution in [0.3, 0.4) is 0 Å². The summed E-state index contributed by atoms with van der Waals surface area (Å²) in [7, 11) is 3.35. The molecule has 2 aromatic rings. The van der Waals surface area contributed by atoms with Crippen LogP contribution in [-0.4, -0.2) is 14.2 Å². The summed E-state index contributed by atoms with van der Waals surface area (Å²) in [4.78, 5) is 0. The second kappa shape index (κ2) is 6.83. The first-order valence-electron chi connectivity index (χ1n) is 6.38. The van der Waals surface area contributed by atoms with Crippen LogP contribution in [0.2, 0.25) is 0 Å². The third kappa shape index (κ3) is 3.56. The van der Waals surface area contributed by atoms with E-state index in [1.807, 2.05) is 18.2 Å². The average Bonchev–Trinajstić information content (AvgIpc) is 2.48. The number of anilines is 1. The molecule has 1 atom stereocenters. The fraction of sp³-hybridized carbons (Fsp3) is 0.250. The van der Waals surface area contributed by atoms with Gasteiger partial charge < -0.3 is 14.8 Å². The van der Waals surface area contributed by atoms with Crippen molar-refractivity contribution in [3.05, 3.63) is 51.6 Å².